The van der Waals surface area contributed by atoms with Gasteiger partial charge in [0.25, 0.3) is 10.0 Å². The quantitative estimate of drug-likeness (QED) is 0.234. The number of nitrogens with zero attached hydrogens (tertiary/aromatic N) is 1. The predicted octanol–water partition coefficient (Wildman–Crippen LogP) is 5.36. The molecule has 1 aliphatic heterocycles. The summed E-state index contributed by atoms with van der Waals surface area (Å²) in [5.74, 6) is 0.869. The SMILES string of the molecule is COc1cccc(-c2c(OC(=O)NCCN3CCOCC3)[nH]c3ccc(NS(=O)(=O)c4ccc(C(C)(C)C)cc4)cc23)c1. The van der Waals surface area contributed by atoms with E-state index in [1.54, 1.807) is 37.4 Å². The molecule has 0 saturated carbocycles. The van der Waals surface area contributed by atoms with E-state index in [1.165, 1.54) is 0 Å². The summed E-state index contributed by atoms with van der Waals surface area (Å²) < 4.78 is 45.8. The highest BCUT2D eigenvalue weighted by atomic mass is 32.2. The molecule has 0 atom stereocenters. The van der Waals surface area contributed by atoms with Crippen molar-refractivity contribution in [3.05, 3.63) is 72.3 Å². The lowest BCUT2D eigenvalue weighted by molar-refractivity contribution is 0.0385. The second-order valence-corrected chi connectivity index (χ2v) is 13.2. The van der Waals surface area contributed by atoms with Gasteiger partial charge in [-0.15, -0.1) is 0 Å². The number of hydrogen-bond acceptors (Lipinski definition) is 7. The maximum absolute atomic E-state index is 13.3. The molecular weight excluding hydrogens is 568 g/mol. The van der Waals surface area contributed by atoms with Crippen LogP contribution in [0, 0.1) is 0 Å². The number of nitrogens with one attached hydrogen (secondary N) is 3. The number of benzene rings is 3. The standard InChI is InChI=1S/C32H38N4O6S/c1-32(2,3)23-8-11-26(12-9-23)43(38,39)35-24-10-13-28-27(21-24)29(22-6-5-7-25(20-22)40-4)30(34-28)42-31(37)33-14-15-36-16-18-41-19-17-36/h5-13,20-21,34-35H,14-19H2,1-4H3,(H,33,37). The molecule has 0 aliphatic carbocycles. The summed E-state index contributed by atoms with van der Waals surface area (Å²) in [7, 11) is -2.27. The summed E-state index contributed by atoms with van der Waals surface area (Å²) >= 11 is 0. The molecule has 0 spiro atoms. The van der Waals surface area contributed by atoms with Crippen molar-refractivity contribution in [2.24, 2.45) is 0 Å². The van der Waals surface area contributed by atoms with Crippen LogP contribution in [0.3, 0.4) is 0 Å². The number of carbonyl (C=O) groups excluding carboxylic acids is 1. The Labute approximate surface area is 252 Å². The van der Waals surface area contributed by atoms with Crippen molar-refractivity contribution >= 4 is 32.7 Å². The summed E-state index contributed by atoms with van der Waals surface area (Å²) in [4.78, 5) is 18.4. The van der Waals surface area contributed by atoms with Gasteiger partial charge in [0, 0.05) is 42.8 Å². The smallest absolute Gasteiger partial charge is 0.413 e. The normalized spacial score (nSPS) is 14.4. The maximum atomic E-state index is 13.3. The molecule has 4 aromatic rings. The number of hydrogen-bond donors (Lipinski definition) is 3. The highest BCUT2D eigenvalue weighted by molar-refractivity contribution is 7.92. The Morgan fingerprint density at radius 1 is 1.02 bits per heavy atom. The molecule has 11 heteroatoms. The predicted molar refractivity (Wildman–Crippen MR) is 168 cm³/mol. The van der Waals surface area contributed by atoms with E-state index in [2.05, 4.69) is 40.7 Å². The number of H-pyrrole nitrogens is 1. The van der Waals surface area contributed by atoms with Gasteiger partial charge >= 0.3 is 6.09 Å². The number of amides is 1. The Kier molecular flexibility index (Phi) is 8.95. The lowest BCUT2D eigenvalue weighted by Crippen LogP contribution is -2.41. The minimum absolute atomic E-state index is 0.0923. The van der Waals surface area contributed by atoms with E-state index < -0.39 is 16.1 Å². The van der Waals surface area contributed by atoms with Crippen LogP contribution in [0.4, 0.5) is 10.5 Å². The highest BCUT2D eigenvalue weighted by Gasteiger charge is 2.21. The third kappa shape index (κ3) is 7.30. The van der Waals surface area contributed by atoms with Crippen LogP contribution in [0.15, 0.2) is 71.6 Å². The van der Waals surface area contributed by atoms with E-state index in [9.17, 15) is 13.2 Å². The van der Waals surface area contributed by atoms with Crippen LogP contribution >= 0.6 is 0 Å². The van der Waals surface area contributed by atoms with E-state index in [0.717, 1.165) is 24.2 Å². The molecule has 228 valence electrons. The zero-order chi connectivity index (χ0) is 30.6. The second-order valence-electron chi connectivity index (χ2n) is 11.5. The van der Waals surface area contributed by atoms with Crippen molar-refractivity contribution in [3.8, 4) is 22.8 Å². The average Bonchev–Trinajstić information content (AvgIpc) is 3.34. The largest absolute Gasteiger partial charge is 0.497 e. The lowest BCUT2D eigenvalue weighted by Gasteiger charge is -2.26. The van der Waals surface area contributed by atoms with Crippen LogP contribution in [0.1, 0.15) is 26.3 Å². The zero-order valence-electron chi connectivity index (χ0n) is 24.9. The topological polar surface area (TPSA) is 122 Å². The molecule has 3 N–H and O–H groups in total. The van der Waals surface area contributed by atoms with Gasteiger partial charge in [-0.3, -0.25) is 9.62 Å². The monoisotopic (exact) mass is 606 g/mol. The Balaban J connectivity index is 1.42. The maximum Gasteiger partial charge on any atom is 0.413 e. The van der Waals surface area contributed by atoms with E-state index in [4.69, 9.17) is 14.2 Å². The Hall–Kier alpha value is -4.06. The molecule has 3 aromatic carbocycles. The van der Waals surface area contributed by atoms with Crippen molar-refractivity contribution in [3.63, 3.8) is 0 Å². The van der Waals surface area contributed by atoms with Gasteiger partial charge in [0.2, 0.25) is 5.88 Å². The van der Waals surface area contributed by atoms with E-state index in [0.29, 0.717) is 54.2 Å². The van der Waals surface area contributed by atoms with Crippen LogP contribution in [-0.4, -0.2) is 70.9 Å². The fourth-order valence-corrected chi connectivity index (χ4v) is 6.04. The van der Waals surface area contributed by atoms with E-state index in [-0.39, 0.29) is 16.2 Å². The summed E-state index contributed by atoms with van der Waals surface area (Å²) in [5.41, 5.74) is 3.34. The molecule has 1 amide bonds. The number of fused-ring (bicyclic) bond motifs is 1. The number of carbonyl (C=O) groups is 1. The minimum atomic E-state index is -3.85. The first kappa shape index (κ1) is 30.4. The number of anilines is 1. The van der Waals surface area contributed by atoms with Crippen molar-refractivity contribution in [1.29, 1.82) is 0 Å². The van der Waals surface area contributed by atoms with Crippen LogP contribution in [0.5, 0.6) is 11.6 Å². The van der Waals surface area contributed by atoms with Gasteiger partial charge in [0.05, 0.1) is 30.8 Å². The molecule has 1 fully saturated rings. The van der Waals surface area contributed by atoms with Crippen LogP contribution in [-0.2, 0) is 20.2 Å². The van der Waals surface area contributed by atoms with Gasteiger partial charge in [0.1, 0.15) is 5.75 Å². The molecule has 43 heavy (non-hydrogen) atoms. The molecule has 0 bridgehead atoms. The van der Waals surface area contributed by atoms with Gasteiger partial charge < -0.3 is 24.5 Å². The van der Waals surface area contributed by atoms with Crippen molar-refractivity contribution < 1.29 is 27.4 Å². The van der Waals surface area contributed by atoms with Crippen LogP contribution < -0.4 is 19.5 Å². The van der Waals surface area contributed by atoms with Crippen LogP contribution in [0.25, 0.3) is 22.0 Å². The highest BCUT2D eigenvalue weighted by Crippen LogP contribution is 2.40. The van der Waals surface area contributed by atoms with E-state index >= 15 is 0 Å². The summed E-state index contributed by atoms with van der Waals surface area (Å²) in [6.07, 6.45) is -0.594. The molecule has 0 radical (unpaired) electrons. The fraction of sp³-hybridized carbons (Fsp3) is 0.344. The van der Waals surface area contributed by atoms with Crippen molar-refractivity contribution in [2.45, 2.75) is 31.1 Å². The molecule has 2 heterocycles. The number of sulfonamides is 1. The summed E-state index contributed by atoms with van der Waals surface area (Å²) in [6.45, 7) is 10.4. The van der Waals surface area contributed by atoms with Gasteiger partial charge in [-0.1, -0.05) is 45.0 Å². The number of aromatic amines is 1. The molecule has 1 aromatic heterocycles. The molecule has 10 nitrogen and oxygen atoms in total. The molecular formula is C32H38N4O6S. The van der Waals surface area contributed by atoms with Gasteiger partial charge in [-0.05, 0) is 59.0 Å². The Morgan fingerprint density at radius 2 is 1.77 bits per heavy atom. The fourth-order valence-electron chi connectivity index (χ4n) is 4.99. The van der Waals surface area contributed by atoms with Crippen molar-refractivity contribution in [2.75, 3.05) is 51.2 Å². The zero-order valence-corrected chi connectivity index (χ0v) is 25.7. The number of ether oxygens (including phenoxy) is 3. The second kappa shape index (κ2) is 12.7. The Morgan fingerprint density at radius 3 is 2.47 bits per heavy atom. The average molecular weight is 607 g/mol. The molecule has 1 aliphatic rings. The lowest BCUT2D eigenvalue weighted by atomic mass is 9.87. The first-order valence-electron chi connectivity index (χ1n) is 14.2. The third-order valence-electron chi connectivity index (χ3n) is 7.40. The number of methoxy groups -OCH3 is 1. The Bertz CT molecular complexity index is 1690. The number of rotatable bonds is 9. The van der Waals surface area contributed by atoms with Gasteiger partial charge in [0.15, 0.2) is 0 Å². The molecule has 5 rings (SSSR count). The van der Waals surface area contributed by atoms with Crippen LogP contribution in [0.2, 0.25) is 0 Å². The number of morpholine rings is 1. The number of aromatic nitrogens is 1. The van der Waals surface area contributed by atoms with E-state index in [1.807, 2.05) is 36.4 Å². The molecule has 0 unspecified atom stereocenters. The van der Waals surface area contributed by atoms with Crippen molar-refractivity contribution in [1.82, 2.24) is 15.2 Å². The van der Waals surface area contributed by atoms with Gasteiger partial charge in [-0.2, -0.15) is 0 Å². The molecule has 1 saturated heterocycles. The third-order valence-corrected chi connectivity index (χ3v) is 8.80. The first-order chi connectivity index (χ1) is 20.5. The van der Waals surface area contributed by atoms with Gasteiger partial charge in [-0.25, -0.2) is 13.2 Å². The first-order valence-corrected chi connectivity index (χ1v) is 15.7. The summed E-state index contributed by atoms with van der Waals surface area (Å²) in [5, 5.41) is 3.49. The minimum Gasteiger partial charge on any atom is -0.497 e. The summed E-state index contributed by atoms with van der Waals surface area (Å²) in [6, 6.07) is 19.4.